The fourth-order valence-electron chi connectivity index (χ4n) is 19.2. The van der Waals surface area contributed by atoms with Crippen LogP contribution in [0, 0.1) is 0 Å². The van der Waals surface area contributed by atoms with Gasteiger partial charge < -0.3 is 19.6 Å². The summed E-state index contributed by atoms with van der Waals surface area (Å²) in [5.41, 5.74) is 38.2. The van der Waals surface area contributed by atoms with Crippen LogP contribution in [-0.4, -0.2) is 13.4 Å². The molecule has 0 radical (unpaired) electrons. The average Bonchev–Trinajstić information content (AvgIpc) is 0.690. The maximum atomic E-state index is 2.81. The molecule has 11 aromatic carbocycles. The number of hydrogen-bond donors (Lipinski definition) is 0. The van der Waals surface area contributed by atoms with Gasteiger partial charge in [-0.15, -0.1) is 0 Å². The Morgan fingerprint density at radius 3 is 0.692 bits per heavy atom. The molecule has 4 nitrogen and oxygen atoms in total. The molecule has 0 unspecified atom stereocenters. The van der Waals surface area contributed by atoms with Gasteiger partial charge in [0.05, 0.1) is 5.69 Å². The SMILES string of the molecule is CC(C)(C)c1cc(N(c2cc(C(C)(C)C)cc(C(C)(C)C)c2)c2cc3c4c(c2)Sc2cc5c(cc2B4c2ccc(C(C)(C)C)cc2S3)N(c2cc(C(C)(C)C)cc(C(C)(C)C)c2)c2cc(N(c3cc(C(C)(C)C)cc(C(C)(C)C)c3)c3cc(C(C)(C)C)cc(C(C)(C)C)c3)cc3c2B5c2ccc(C(C)(C)C)cc2N3c2cc(C(C)(C)C)cc(C(C)(C)C)c2)cc(C(C)(C)C)c1. The highest BCUT2D eigenvalue weighted by molar-refractivity contribution is 8.01. The number of fused-ring (bicyclic) bond motifs is 8. The number of anilines is 12. The van der Waals surface area contributed by atoms with Crippen molar-refractivity contribution < 1.29 is 0 Å². The van der Waals surface area contributed by atoms with Gasteiger partial charge in [0.25, 0.3) is 6.71 Å². The van der Waals surface area contributed by atoms with Crippen LogP contribution in [0.2, 0.25) is 0 Å². The van der Waals surface area contributed by atoms with Crippen LogP contribution < -0.4 is 52.4 Å². The summed E-state index contributed by atoms with van der Waals surface area (Å²) in [6.45, 7) is 100. The molecule has 15 rings (SSSR count). The summed E-state index contributed by atoms with van der Waals surface area (Å²) in [6, 6.07) is 77.0. The summed E-state index contributed by atoms with van der Waals surface area (Å²) < 4.78 is 0. The lowest BCUT2D eigenvalue weighted by molar-refractivity contribution is 0.567. The highest BCUT2D eigenvalue weighted by Crippen LogP contribution is 2.56. The van der Waals surface area contributed by atoms with Crippen molar-refractivity contribution in [2.45, 2.75) is 386 Å². The smallest absolute Gasteiger partial charge is 0.252 e. The molecule has 0 N–H and O–H groups in total. The van der Waals surface area contributed by atoms with Crippen LogP contribution in [0.3, 0.4) is 0 Å². The van der Waals surface area contributed by atoms with E-state index in [0.717, 1.165) is 17.1 Å². The van der Waals surface area contributed by atoms with Gasteiger partial charge in [-0.05, 0) is 291 Å². The molecule has 130 heavy (non-hydrogen) atoms. The van der Waals surface area contributed by atoms with Gasteiger partial charge >= 0.3 is 0 Å². The third-order valence-corrected chi connectivity index (χ3v) is 30.6. The van der Waals surface area contributed by atoms with Crippen molar-refractivity contribution in [2.24, 2.45) is 0 Å². The lowest BCUT2D eigenvalue weighted by Gasteiger charge is -2.46. The summed E-state index contributed by atoms with van der Waals surface area (Å²) in [4.78, 5) is 16.2. The molecular weight excluding hydrogens is 1610 g/mol. The first-order chi connectivity index (χ1) is 59.2. The van der Waals surface area contributed by atoms with Crippen molar-refractivity contribution in [3.8, 4) is 0 Å². The minimum atomic E-state index is -0.236. The first-order valence-corrected chi connectivity index (χ1v) is 50.2. The molecule has 11 aromatic rings. The fraction of sp³-hybridized carbons (Fsp3) is 0.459. The first kappa shape index (κ1) is 96.0. The van der Waals surface area contributed by atoms with E-state index in [-0.39, 0.29) is 89.2 Å². The standard InChI is InChI=1S/C122H156B2N4S2/c1-109(2,3)73-43-45-95-99(65-73)127(91-61-83(119(31,32)33)51-84(62-91)120(34,35)36)101-67-93(125(87-53-75(111(7,8)9)47-76(54-87)112(10,11)12)88-55-77(113(13,14)15)48-78(56-88)114(16,17)18)68-102-107(101)123(95)97-72-104-98(71-100(97)128(102)92-63-85(121(37,38)39)52-86(64-92)122(40,41)42)124-96-46-44-74(110(4,5)6)66-103(96)129-105-69-94(70-106(130-104)108(105)124)126(89-57-79(115(19,20)21)49-80(58-89)116(22,23)24)90-59-81(117(25,26)27)50-82(60-90)118(28,29)30/h43-72H,1-42H3. The molecule has 0 atom stereocenters. The Morgan fingerprint density at radius 2 is 0.408 bits per heavy atom. The molecule has 0 saturated heterocycles. The summed E-state index contributed by atoms with van der Waals surface area (Å²) >= 11 is 4.00. The van der Waals surface area contributed by atoms with E-state index < -0.39 is 0 Å². The second-order valence-corrected chi connectivity index (χ2v) is 55.9. The van der Waals surface area contributed by atoms with Crippen LogP contribution in [0.15, 0.2) is 202 Å². The van der Waals surface area contributed by atoms with Gasteiger partial charge in [0.15, 0.2) is 0 Å². The number of nitrogens with zero attached hydrogens (tertiary/aromatic N) is 4. The molecule has 0 bridgehead atoms. The molecule has 0 fully saturated rings. The molecule has 0 aromatic heterocycles. The third kappa shape index (κ3) is 18.4. The maximum Gasteiger partial charge on any atom is 0.252 e. The normalized spacial score (nSPS) is 14.7. The highest BCUT2D eigenvalue weighted by atomic mass is 32.2. The number of benzene rings is 11. The van der Waals surface area contributed by atoms with Crippen LogP contribution >= 0.6 is 23.5 Å². The molecular formula is C122H156B2N4S2. The number of rotatable bonds is 8. The lowest BCUT2D eigenvalue weighted by atomic mass is 9.32. The van der Waals surface area contributed by atoms with E-state index in [9.17, 15) is 0 Å². The van der Waals surface area contributed by atoms with E-state index in [0.29, 0.717) is 0 Å². The molecule has 0 aliphatic carbocycles. The molecule has 0 amide bonds. The Labute approximate surface area is 797 Å². The topological polar surface area (TPSA) is 13.0 Å². The van der Waals surface area contributed by atoms with Gasteiger partial charge in [0, 0.05) is 82.1 Å². The van der Waals surface area contributed by atoms with Gasteiger partial charge in [-0.2, -0.15) is 0 Å². The predicted octanol–water partition coefficient (Wildman–Crippen LogP) is 32.3. The minimum absolute atomic E-state index is 0.0995. The van der Waals surface area contributed by atoms with Gasteiger partial charge in [-0.1, -0.05) is 392 Å². The first-order valence-electron chi connectivity index (χ1n) is 48.6. The molecule has 4 aliphatic heterocycles. The zero-order valence-corrected chi connectivity index (χ0v) is 89.7. The predicted molar refractivity (Wildman–Crippen MR) is 577 cm³/mol. The summed E-state index contributed by atoms with van der Waals surface area (Å²) in [6.07, 6.45) is 0. The van der Waals surface area contributed by atoms with Crippen LogP contribution in [0.25, 0.3) is 0 Å². The zero-order valence-electron chi connectivity index (χ0n) is 88.1. The van der Waals surface area contributed by atoms with Crippen molar-refractivity contribution in [3.63, 3.8) is 0 Å². The Bertz CT molecular complexity index is 5990. The second kappa shape index (κ2) is 31.5. The third-order valence-electron chi connectivity index (χ3n) is 28.3. The summed E-state index contributed by atoms with van der Waals surface area (Å²) in [7, 11) is 0. The Balaban J connectivity index is 1.14. The maximum absolute atomic E-state index is 2.81. The van der Waals surface area contributed by atoms with Crippen LogP contribution in [0.1, 0.15) is 369 Å². The van der Waals surface area contributed by atoms with E-state index in [1.807, 2.05) is 23.5 Å². The molecule has 4 heterocycles. The zero-order chi connectivity index (χ0) is 95.9. The average molecular weight is 1760 g/mol. The lowest BCUT2D eigenvalue weighted by Crippen LogP contribution is -2.63. The van der Waals surface area contributed by atoms with E-state index in [2.05, 4.69) is 492 Å². The fourth-order valence-corrected chi connectivity index (χ4v) is 21.8. The Morgan fingerprint density at radius 1 is 0.177 bits per heavy atom. The molecule has 0 spiro atoms. The van der Waals surface area contributed by atoms with E-state index in [4.69, 9.17) is 0 Å². The van der Waals surface area contributed by atoms with Crippen molar-refractivity contribution in [3.05, 3.63) is 260 Å². The van der Waals surface area contributed by atoms with Gasteiger partial charge in [-0.25, -0.2) is 0 Å². The Hall–Kier alpha value is -8.55. The highest BCUT2D eigenvalue weighted by Gasteiger charge is 2.49. The van der Waals surface area contributed by atoms with Crippen molar-refractivity contribution >= 4 is 138 Å². The summed E-state index contributed by atoms with van der Waals surface area (Å²) in [5.74, 6) is 0. The second-order valence-electron chi connectivity index (χ2n) is 53.8. The van der Waals surface area contributed by atoms with Crippen LogP contribution in [0.5, 0.6) is 0 Å². The van der Waals surface area contributed by atoms with Crippen LogP contribution in [-0.2, 0) is 75.8 Å². The van der Waals surface area contributed by atoms with Crippen molar-refractivity contribution in [2.75, 3.05) is 19.6 Å². The molecule has 4 aliphatic rings. The quantitative estimate of drug-likeness (QED) is 0.140. The van der Waals surface area contributed by atoms with Crippen molar-refractivity contribution in [1.82, 2.24) is 0 Å². The van der Waals surface area contributed by atoms with Gasteiger partial charge in [0.2, 0.25) is 6.71 Å². The van der Waals surface area contributed by atoms with E-state index in [1.54, 1.807) is 0 Å². The van der Waals surface area contributed by atoms with Crippen molar-refractivity contribution in [1.29, 1.82) is 0 Å². The molecule has 8 heteroatoms. The van der Waals surface area contributed by atoms with E-state index in [1.165, 1.54) is 181 Å². The minimum Gasteiger partial charge on any atom is -0.311 e. The van der Waals surface area contributed by atoms with Crippen LogP contribution in [0.4, 0.5) is 68.2 Å². The summed E-state index contributed by atoms with van der Waals surface area (Å²) in [5, 5.41) is 0. The molecule has 682 valence electrons. The van der Waals surface area contributed by atoms with E-state index >= 15 is 0 Å². The van der Waals surface area contributed by atoms with Gasteiger partial charge in [0.1, 0.15) is 0 Å². The Kier molecular flexibility index (Phi) is 23.3. The molecule has 0 saturated carbocycles. The number of hydrogen-bond acceptors (Lipinski definition) is 6. The monoisotopic (exact) mass is 1760 g/mol. The van der Waals surface area contributed by atoms with Gasteiger partial charge in [-0.3, -0.25) is 0 Å². The largest absolute Gasteiger partial charge is 0.311 e.